The average Bonchev–Trinajstić information content (AvgIpc) is 2.96. The van der Waals surface area contributed by atoms with Gasteiger partial charge in [0.05, 0.1) is 24.8 Å². The summed E-state index contributed by atoms with van der Waals surface area (Å²) in [5, 5.41) is 2.54. The molecule has 0 aliphatic carbocycles. The summed E-state index contributed by atoms with van der Waals surface area (Å²) in [5.41, 5.74) is -0.215. The second-order valence-corrected chi connectivity index (χ2v) is 12.8. The highest BCUT2D eigenvalue weighted by atomic mass is 32.2. The summed E-state index contributed by atoms with van der Waals surface area (Å²) in [6.45, 7) is -0.0265. The lowest BCUT2D eigenvalue weighted by molar-refractivity contribution is -0.114. The predicted octanol–water partition coefficient (Wildman–Crippen LogP) is 3.85. The van der Waals surface area contributed by atoms with Gasteiger partial charge < -0.3 is 14.8 Å². The predicted molar refractivity (Wildman–Crippen MR) is 148 cm³/mol. The first-order valence-electron chi connectivity index (χ1n) is 12.5. The van der Waals surface area contributed by atoms with Gasteiger partial charge in [0, 0.05) is 18.8 Å². The Bertz CT molecular complexity index is 1570. The second-order valence-electron chi connectivity index (χ2n) is 9.02. The first-order chi connectivity index (χ1) is 19.1. The number of ether oxygens (including phenoxy) is 2. The van der Waals surface area contributed by atoms with Crippen molar-refractivity contribution < 1.29 is 35.5 Å². The van der Waals surface area contributed by atoms with Gasteiger partial charge in [-0.05, 0) is 67.4 Å². The van der Waals surface area contributed by atoms with E-state index in [1.165, 1.54) is 79.2 Å². The Morgan fingerprint density at radius 2 is 1.60 bits per heavy atom. The van der Waals surface area contributed by atoms with Crippen molar-refractivity contribution in [3.05, 3.63) is 72.5 Å². The molecule has 1 aliphatic heterocycles. The Hall–Kier alpha value is -3.68. The van der Waals surface area contributed by atoms with Gasteiger partial charge >= 0.3 is 0 Å². The van der Waals surface area contributed by atoms with Crippen LogP contribution in [0.4, 0.5) is 15.8 Å². The van der Waals surface area contributed by atoms with Gasteiger partial charge in [-0.25, -0.2) is 21.2 Å². The summed E-state index contributed by atoms with van der Waals surface area (Å²) in [6, 6.07) is 14.8. The van der Waals surface area contributed by atoms with Crippen LogP contribution in [0.25, 0.3) is 0 Å². The fraction of sp³-hybridized carbons (Fsp3) is 0.296. The summed E-state index contributed by atoms with van der Waals surface area (Å²) >= 11 is 0. The molecule has 0 radical (unpaired) electrons. The molecule has 1 fully saturated rings. The highest BCUT2D eigenvalue weighted by Gasteiger charge is 2.31. The molecule has 1 aliphatic rings. The van der Waals surface area contributed by atoms with E-state index < -0.39 is 38.3 Å². The standard InChI is InChI=1S/C27H30FN3O7S2/c1-37-21-11-13-22(14-12-21)39(33,34)31(24-9-5-4-8-23(24)28)19-27(32)29-20-10-15-25(38-2)26(18-20)40(35,36)30-16-6-3-7-17-30/h4-5,8-15,18H,3,6-7,16-17,19H2,1-2H3,(H,29,32). The molecule has 0 bridgehead atoms. The Balaban J connectivity index is 1.64. The molecule has 0 spiro atoms. The lowest BCUT2D eigenvalue weighted by Gasteiger charge is -2.27. The second kappa shape index (κ2) is 12.2. The molecule has 1 saturated heterocycles. The van der Waals surface area contributed by atoms with Gasteiger partial charge in [-0.1, -0.05) is 18.6 Å². The number of para-hydroxylation sites is 1. The van der Waals surface area contributed by atoms with Gasteiger partial charge in [0.2, 0.25) is 15.9 Å². The van der Waals surface area contributed by atoms with Crippen LogP contribution in [0.3, 0.4) is 0 Å². The maximum Gasteiger partial charge on any atom is 0.264 e. The van der Waals surface area contributed by atoms with Gasteiger partial charge in [-0.2, -0.15) is 4.31 Å². The summed E-state index contributed by atoms with van der Waals surface area (Å²) < 4.78 is 80.9. The summed E-state index contributed by atoms with van der Waals surface area (Å²) in [4.78, 5) is 12.9. The highest BCUT2D eigenvalue weighted by Crippen LogP contribution is 2.32. The third-order valence-corrected chi connectivity index (χ3v) is 10.1. The van der Waals surface area contributed by atoms with Gasteiger partial charge in [0.15, 0.2) is 0 Å². The average molecular weight is 592 g/mol. The van der Waals surface area contributed by atoms with Gasteiger partial charge in [0.25, 0.3) is 10.0 Å². The smallest absolute Gasteiger partial charge is 0.264 e. The minimum Gasteiger partial charge on any atom is -0.497 e. The maximum absolute atomic E-state index is 14.8. The normalized spacial score (nSPS) is 14.4. The Morgan fingerprint density at radius 1 is 0.925 bits per heavy atom. The highest BCUT2D eigenvalue weighted by molar-refractivity contribution is 7.92. The number of nitrogens with one attached hydrogen (secondary N) is 1. The molecule has 1 heterocycles. The molecular formula is C27H30FN3O7S2. The van der Waals surface area contributed by atoms with Crippen molar-refractivity contribution in [2.75, 3.05) is 43.5 Å². The quantitative estimate of drug-likeness (QED) is 0.380. The number of carbonyl (C=O) groups excluding carboxylic acids is 1. The van der Waals surface area contributed by atoms with E-state index in [0.717, 1.165) is 25.3 Å². The first-order valence-corrected chi connectivity index (χ1v) is 15.4. The van der Waals surface area contributed by atoms with E-state index in [4.69, 9.17) is 9.47 Å². The third-order valence-electron chi connectivity index (χ3n) is 6.44. The Labute approximate surface area is 233 Å². The first kappa shape index (κ1) is 29.3. The number of hydrogen-bond donors (Lipinski definition) is 1. The van der Waals surface area contributed by atoms with Crippen LogP contribution in [-0.4, -0.2) is 60.9 Å². The number of sulfonamides is 2. The number of methoxy groups -OCH3 is 2. The molecule has 0 unspecified atom stereocenters. The topological polar surface area (TPSA) is 122 Å². The monoisotopic (exact) mass is 591 g/mol. The van der Waals surface area contributed by atoms with Crippen molar-refractivity contribution in [1.29, 1.82) is 0 Å². The SMILES string of the molecule is COc1ccc(S(=O)(=O)N(CC(=O)Nc2ccc(OC)c(S(=O)(=O)N3CCCCC3)c2)c2ccccc2F)cc1. The zero-order valence-corrected chi connectivity index (χ0v) is 23.7. The van der Waals surface area contributed by atoms with E-state index in [0.29, 0.717) is 23.1 Å². The van der Waals surface area contributed by atoms with Crippen LogP contribution in [0, 0.1) is 5.82 Å². The number of amides is 1. The van der Waals surface area contributed by atoms with Crippen LogP contribution in [0.5, 0.6) is 11.5 Å². The van der Waals surface area contributed by atoms with Gasteiger partial charge in [0.1, 0.15) is 28.8 Å². The molecule has 13 heteroatoms. The van der Waals surface area contributed by atoms with Crippen LogP contribution < -0.4 is 19.1 Å². The van der Waals surface area contributed by atoms with E-state index in [-0.39, 0.29) is 26.9 Å². The zero-order valence-electron chi connectivity index (χ0n) is 22.0. The molecule has 10 nitrogen and oxygen atoms in total. The Kier molecular flexibility index (Phi) is 8.96. The van der Waals surface area contributed by atoms with Crippen molar-refractivity contribution in [3.8, 4) is 11.5 Å². The number of carbonyl (C=O) groups is 1. The van der Waals surface area contributed by atoms with Gasteiger partial charge in [-0.3, -0.25) is 9.10 Å². The molecule has 3 aromatic rings. The lowest BCUT2D eigenvalue weighted by atomic mass is 10.2. The van der Waals surface area contributed by atoms with Crippen LogP contribution in [-0.2, 0) is 24.8 Å². The van der Waals surface area contributed by atoms with Crippen LogP contribution in [0.1, 0.15) is 19.3 Å². The van der Waals surface area contributed by atoms with Crippen molar-refractivity contribution >= 4 is 37.3 Å². The van der Waals surface area contributed by atoms with Crippen LogP contribution in [0.2, 0.25) is 0 Å². The summed E-state index contributed by atoms with van der Waals surface area (Å²) in [5.74, 6) is -1.12. The lowest BCUT2D eigenvalue weighted by Crippen LogP contribution is -2.38. The number of nitrogens with zero attached hydrogens (tertiary/aromatic N) is 2. The van der Waals surface area contributed by atoms with E-state index in [1.54, 1.807) is 0 Å². The minimum atomic E-state index is -4.39. The van der Waals surface area contributed by atoms with E-state index in [9.17, 15) is 26.0 Å². The molecular weight excluding hydrogens is 561 g/mol. The minimum absolute atomic E-state index is 0.108. The van der Waals surface area contributed by atoms with Crippen molar-refractivity contribution in [3.63, 3.8) is 0 Å². The number of benzene rings is 3. The molecule has 0 atom stereocenters. The van der Waals surface area contributed by atoms with Crippen LogP contribution in [0.15, 0.2) is 76.5 Å². The third kappa shape index (κ3) is 6.21. The van der Waals surface area contributed by atoms with E-state index in [1.807, 2.05) is 0 Å². The van der Waals surface area contributed by atoms with Gasteiger partial charge in [-0.15, -0.1) is 0 Å². The van der Waals surface area contributed by atoms with Crippen molar-refractivity contribution in [2.24, 2.45) is 0 Å². The molecule has 1 N–H and O–H groups in total. The fourth-order valence-corrected chi connectivity index (χ4v) is 7.49. The molecule has 214 valence electrons. The summed E-state index contributed by atoms with van der Waals surface area (Å²) in [6.07, 6.45) is 2.43. The largest absolute Gasteiger partial charge is 0.497 e. The Morgan fingerprint density at radius 3 is 2.23 bits per heavy atom. The van der Waals surface area contributed by atoms with E-state index in [2.05, 4.69) is 5.32 Å². The number of anilines is 2. The zero-order chi connectivity index (χ0) is 28.9. The molecule has 40 heavy (non-hydrogen) atoms. The maximum atomic E-state index is 14.8. The number of rotatable bonds is 10. The molecule has 0 saturated carbocycles. The molecule has 4 rings (SSSR count). The molecule has 0 aromatic heterocycles. The fourth-order valence-electron chi connectivity index (χ4n) is 4.36. The number of halogens is 1. The van der Waals surface area contributed by atoms with Crippen molar-refractivity contribution in [2.45, 2.75) is 29.1 Å². The van der Waals surface area contributed by atoms with E-state index >= 15 is 0 Å². The van der Waals surface area contributed by atoms with Crippen molar-refractivity contribution in [1.82, 2.24) is 4.31 Å². The summed E-state index contributed by atoms with van der Waals surface area (Å²) in [7, 11) is -5.52. The molecule has 3 aromatic carbocycles. The molecule has 1 amide bonds. The number of piperidine rings is 1. The number of hydrogen-bond acceptors (Lipinski definition) is 7. The van der Waals surface area contributed by atoms with Crippen LogP contribution >= 0.6 is 0 Å².